The fraction of sp³-hybridized carbons (Fsp3) is 0. The number of benzene rings is 4. The highest BCUT2D eigenvalue weighted by atomic mass is 16.1. The molecule has 2 N–H and O–H groups in total. The molecule has 0 atom stereocenters. The lowest BCUT2D eigenvalue weighted by molar-refractivity contribution is 0.102. The number of fused-ring (bicyclic) bond motifs is 2. The molecular formula is C24H17N3O. The lowest BCUT2D eigenvalue weighted by atomic mass is 10.1. The zero-order valence-corrected chi connectivity index (χ0v) is 15.0. The second-order valence-electron chi connectivity index (χ2n) is 6.70. The number of anilines is 1. The summed E-state index contributed by atoms with van der Waals surface area (Å²) in [4.78, 5) is 20.7. The number of para-hydroxylation sites is 2. The summed E-state index contributed by atoms with van der Waals surface area (Å²) in [6.07, 6.45) is 0. The van der Waals surface area contributed by atoms with Crippen molar-refractivity contribution in [3.05, 3.63) is 96.6 Å². The molecule has 1 heterocycles. The quantitative estimate of drug-likeness (QED) is 0.436. The van der Waals surface area contributed by atoms with E-state index in [1.807, 2.05) is 91.0 Å². The third-order valence-corrected chi connectivity index (χ3v) is 4.79. The molecule has 1 aromatic heterocycles. The summed E-state index contributed by atoms with van der Waals surface area (Å²) < 4.78 is 0. The molecule has 0 radical (unpaired) electrons. The molecular weight excluding hydrogens is 346 g/mol. The standard InChI is InChI=1S/C24H17N3O/c28-24(19-13-12-16-6-1-2-7-17(16)14-19)25-20-9-5-8-18(15-20)23-26-21-10-3-4-11-22(21)27-23/h1-15H,(H,25,28)(H,26,27). The number of hydrogen-bond donors (Lipinski definition) is 2. The second kappa shape index (κ2) is 6.67. The monoisotopic (exact) mass is 363 g/mol. The summed E-state index contributed by atoms with van der Waals surface area (Å²) in [7, 11) is 0. The Morgan fingerprint density at radius 3 is 2.50 bits per heavy atom. The van der Waals surface area contributed by atoms with Crippen LogP contribution < -0.4 is 5.32 Å². The van der Waals surface area contributed by atoms with E-state index in [-0.39, 0.29) is 5.91 Å². The highest BCUT2D eigenvalue weighted by Crippen LogP contribution is 2.24. The highest BCUT2D eigenvalue weighted by Gasteiger charge is 2.09. The summed E-state index contributed by atoms with van der Waals surface area (Å²) in [6.45, 7) is 0. The maximum atomic E-state index is 12.7. The van der Waals surface area contributed by atoms with Gasteiger partial charge in [-0.05, 0) is 47.2 Å². The van der Waals surface area contributed by atoms with Crippen LogP contribution in [-0.2, 0) is 0 Å². The average molecular weight is 363 g/mol. The van der Waals surface area contributed by atoms with Crippen LogP contribution in [0.5, 0.6) is 0 Å². The Hall–Kier alpha value is -3.92. The molecule has 4 heteroatoms. The van der Waals surface area contributed by atoms with E-state index in [1.54, 1.807) is 0 Å². The number of H-pyrrole nitrogens is 1. The van der Waals surface area contributed by atoms with Crippen molar-refractivity contribution in [2.24, 2.45) is 0 Å². The van der Waals surface area contributed by atoms with Crippen LogP contribution in [0.3, 0.4) is 0 Å². The predicted octanol–water partition coefficient (Wildman–Crippen LogP) is 5.64. The van der Waals surface area contributed by atoms with Crippen LogP contribution in [0.4, 0.5) is 5.69 Å². The van der Waals surface area contributed by atoms with Gasteiger partial charge in [-0.3, -0.25) is 4.79 Å². The van der Waals surface area contributed by atoms with E-state index in [2.05, 4.69) is 15.3 Å². The number of amides is 1. The molecule has 134 valence electrons. The first-order valence-electron chi connectivity index (χ1n) is 9.12. The van der Waals surface area contributed by atoms with Crippen LogP contribution in [0, 0.1) is 0 Å². The summed E-state index contributed by atoms with van der Waals surface area (Å²) in [6, 6.07) is 29.3. The minimum atomic E-state index is -0.132. The van der Waals surface area contributed by atoms with E-state index in [0.717, 1.165) is 38.9 Å². The molecule has 4 nitrogen and oxygen atoms in total. The zero-order chi connectivity index (χ0) is 18.9. The van der Waals surface area contributed by atoms with Crippen LogP contribution in [-0.4, -0.2) is 15.9 Å². The lowest BCUT2D eigenvalue weighted by Gasteiger charge is -2.08. The third-order valence-electron chi connectivity index (χ3n) is 4.79. The summed E-state index contributed by atoms with van der Waals surface area (Å²) in [5.41, 5.74) is 4.20. The molecule has 0 unspecified atom stereocenters. The van der Waals surface area contributed by atoms with Crippen LogP contribution in [0.25, 0.3) is 33.2 Å². The normalized spacial score (nSPS) is 11.0. The van der Waals surface area contributed by atoms with Crippen molar-refractivity contribution in [1.29, 1.82) is 0 Å². The van der Waals surface area contributed by atoms with E-state index in [9.17, 15) is 4.79 Å². The smallest absolute Gasteiger partial charge is 0.255 e. The van der Waals surface area contributed by atoms with Crippen molar-refractivity contribution in [3.8, 4) is 11.4 Å². The van der Waals surface area contributed by atoms with Crippen molar-refractivity contribution < 1.29 is 4.79 Å². The zero-order valence-electron chi connectivity index (χ0n) is 15.0. The Kier molecular flexibility index (Phi) is 3.87. The largest absolute Gasteiger partial charge is 0.338 e. The van der Waals surface area contributed by atoms with Crippen LogP contribution in [0.15, 0.2) is 91.0 Å². The van der Waals surface area contributed by atoms with Crippen molar-refractivity contribution in [1.82, 2.24) is 9.97 Å². The highest BCUT2D eigenvalue weighted by molar-refractivity contribution is 6.06. The Bertz CT molecular complexity index is 1290. The summed E-state index contributed by atoms with van der Waals surface area (Å²) in [5, 5.41) is 5.15. The van der Waals surface area contributed by atoms with E-state index < -0.39 is 0 Å². The van der Waals surface area contributed by atoms with Crippen LogP contribution in [0.1, 0.15) is 10.4 Å². The number of nitrogens with one attached hydrogen (secondary N) is 2. The Morgan fingerprint density at radius 2 is 1.61 bits per heavy atom. The molecule has 0 fully saturated rings. The number of imidazole rings is 1. The fourth-order valence-electron chi connectivity index (χ4n) is 3.37. The van der Waals surface area contributed by atoms with Gasteiger partial charge in [0, 0.05) is 16.8 Å². The number of rotatable bonds is 3. The molecule has 28 heavy (non-hydrogen) atoms. The Labute approximate surface area is 161 Å². The number of carbonyl (C=O) groups excluding carboxylic acids is 1. The maximum Gasteiger partial charge on any atom is 0.255 e. The van der Waals surface area contributed by atoms with Gasteiger partial charge in [0.2, 0.25) is 0 Å². The molecule has 0 bridgehead atoms. The molecule has 0 saturated heterocycles. The molecule has 5 rings (SSSR count). The van der Waals surface area contributed by atoms with Gasteiger partial charge in [0.15, 0.2) is 0 Å². The maximum absolute atomic E-state index is 12.7. The minimum Gasteiger partial charge on any atom is -0.338 e. The Balaban J connectivity index is 1.43. The first kappa shape index (κ1) is 16.3. The topological polar surface area (TPSA) is 57.8 Å². The lowest BCUT2D eigenvalue weighted by Crippen LogP contribution is -2.11. The Morgan fingerprint density at radius 1 is 0.786 bits per heavy atom. The fourth-order valence-corrected chi connectivity index (χ4v) is 3.37. The number of hydrogen-bond acceptors (Lipinski definition) is 2. The van der Waals surface area contributed by atoms with E-state index in [1.165, 1.54) is 0 Å². The molecule has 0 aliphatic heterocycles. The van der Waals surface area contributed by atoms with Gasteiger partial charge in [0.25, 0.3) is 5.91 Å². The first-order valence-corrected chi connectivity index (χ1v) is 9.12. The van der Waals surface area contributed by atoms with E-state index >= 15 is 0 Å². The second-order valence-corrected chi connectivity index (χ2v) is 6.70. The van der Waals surface area contributed by atoms with Gasteiger partial charge < -0.3 is 10.3 Å². The SMILES string of the molecule is O=C(Nc1cccc(-c2nc3ccccc3[nH]2)c1)c1ccc2ccccc2c1. The van der Waals surface area contributed by atoms with Crippen LogP contribution in [0.2, 0.25) is 0 Å². The number of nitrogens with zero attached hydrogens (tertiary/aromatic N) is 1. The molecule has 1 amide bonds. The van der Waals surface area contributed by atoms with Gasteiger partial charge in [-0.2, -0.15) is 0 Å². The molecule has 5 aromatic rings. The van der Waals surface area contributed by atoms with Gasteiger partial charge in [0.05, 0.1) is 11.0 Å². The summed E-state index contributed by atoms with van der Waals surface area (Å²) in [5.74, 6) is 0.649. The van der Waals surface area contributed by atoms with Gasteiger partial charge >= 0.3 is 0 Å². The number of aromatic nitrogens is 2. The average Bonchev–Trinajstić information content (AvgIpc) is 3.18. The summed E-state index contributed by atoms with van der Waals surface area (Å²) >= 11 is 0. The van der Waals surface area contributed by atoms with Gasteiger partial charge in [-0.25, -0.2) is 4.98 Å². The minimum absolute atomic E-state index is 0.132. The molecule has 0 aliphatic carbocycles. The molecule has 4 aromatic carbocycles. The first-order chi connectivity index (χ1) is 13.8. The van der Waals surface area contributed by atoms with Gasteiger partial charge in [-0.1, -0.05) is 54.6 Å². The van der Waals surface area contributed by atoms with Crippen molar-refractivity contribution in [3.63, 3.8) is 0 Å². The van der Waals surface area contributed by atoms with E-state index in [0.29, 0.717) is 5.56 Å². The van der Waals surface area contributed by atoms with Gasteiger partial charge in [0.1, 0.15) is 5.82 Å². The molecule has 0 saturated carbocycles. The number of carbonyl (C=O) groups is 1. The van der Waals surface area contributed by atoms with Crippen LogP contribution >= 0.6 is 0 Å². The third kappa shape index (κ3) is 3.01. The van der Waals surface area contributed by atoms with Gasteiger partial charge in [-0.15, -0.1) is 0 Å². The van der Waals surface area contributed by atoms with E-state index in [4.69, 9.17) is 0 Å². The molecule has 0 aliphatic rings. The predicted molar refractivity (Wildman–Crippen MR) is 113 cm³/mol. The molecule has 0 spiro atoms. The van der Waals surface area contributed by atoms with Crippen molar-refractivity contribution >= 4 is 33.4 Å². The van der Waals surface area contributed by atoms with Crippen molar-refractivity contribution in [2.75, 3.05) is 5.32 Å². The number of aromatic amines is 1. The van der Waals surface area contributed by atoms with Crippen molar-refractivity contribution in [2.45, 2.75) is 0 Å².